The van der Waals surface area contributed by atoms with Gasteiger partial charge in [0.15, 0.2) is 0 Å². The molecule has 1 atom stereocenters. The van der Waals surface area contributed by atoms with E-state index in [1.807, 2.05) is 54.6 Å². The van der Waals surface area contributed by atoms with E-state index in [1.54, 1.807) is 7.11 Å². The van der Waals surface area contributed by atoms with E-state index in [2.05, 4.69) is 84.9 Å². The van der Waals surface area contributed by atoms with Gasteiger partial charge in [-0.05, 0) is 45.5 Å². The summed E-state index contributed by atoms with van der Waals surface area (Å²) >= 11 is 4.85. The highest BCUT2D eigenvalue weighted by Crippen LogP contribution is 2.41. The molecule has 0 amide bonds. The zero-order valence-corrected chi connectivity index (χ0v) is 23.5. The quantitative estimate of drug-likeness (QED) is 0.126. The van der Waals surface area contributed by atoms with E-state index < -0.39 is 5.60 Å². The molecular formula is C36H34O3S. The summed E-state index contributed by atoms with van der Waals surface area (Å²) in [5, 5.41) is -0.117. The van der Waals surface area contributed by atoms with Crippen molar-refractivity contribution in [1.82, 2.24) is 0 Å². The predicted octanol–water partition coefficient (Wildman–Crippen LogP) is 8.19. The van der Waals surface area contributed by atoms with Crippen LogP contribution in [0.2, 0.25) is 0 Å². The zero-order valence-electron chi connectivity index (χ0n) is 22.6. The number of ether oxygens (including phenoxy) is 3. The zero-order chi connectivity index (χ0) is 27.6. The third-order valence-electron chi connectivity index (χ3n) is 6.99. The summed E-state index contributed by atoms with van der Waals surface area (Å²) < 4.78 is 18.4. The van der Waals surface area contributed by atoms with E-state index in [4.69, 9.17) is 26.8 Å². The number of hydrogen-bond acceptors (Lipinski definition) is 4. The Bertz CT molecular complexity index is 1400. The second-order valence-corrected chi connectivity index (χ2v) is 10.4. The van der Waals surface area contributed by atoms with Gasteiger partial charge in [-0.2, -0.15) is 12.6 Å². The van der Waals surface area contributed by atoms with Crippen molar-refractivity contribution in [2.24, 2.45) is 0 Å². The molecule has 0 N–H and O–H groups in total. The van der Waals surface area contributed by atoms with Gasteiger partial charge in [-0.25, -0.2) is 0 Å². The first-order chi connectivity index (χ1) is 19.7. The minimum Gasteiger partial charge on any atom is -0.497 e. The molecule has 0 aromatic heterocycles. The first-order valence-electron chi connectivity index (χ1n) is 13.5. The molecule has 0 spiro atoms. The lowest BCUT2D eigenvalue weighted by Crippen LogP contribution is -2.35. The Kier molecular flexibility index (Phi) is 9.35. The fraction of sp³-hybridized carbons (Fsp3) is 0.167. The summed E-state index contributed by atoms with van der Waals surface area (Å²) in [6, 6.07) is 47.7. The minimum atomic E-state index is -0.816. The molecule has 0 bridgehead atoms. The molecule has 0 radical (unpaired) electrons. The van der Waals surface area contributed by atoms with Gasteiger partial charge in [0.25, 0.3) is 0 Å². The summed E-state index contributed by atoms with van der Waals surface area (Å²) in [5.41, 5.74) is 5.83. The van der Waals surface area contributed by atoms with Crippen LogP contribution in [0.15, 0.2) is 140 Å². The molecule has 0 aliphatic rings. The second-order valence-electron chi connectivity index (χ2n) is 9.68. The molecule has 202 valence electrons. The largest absolute Gasteiger partial charge is 0.497 e. The topological polar surface area (TPSA) is 27.7 Å². The van der Waals surface area contributed by atoms with Crippen molar-refractivity contribution in [3.8, 4) is 16.9 Å². The van der Waals surface area contributed by atoms with Crippen LogP contribution in [0.1, 0.15) is 22.3 Å². The number of hydrogen-bond donors (Lipinski definition) is 1. The summed E-state index contributed by atoms with van der Waals surface area (Å²) in [6.07, 6.45) is 0. The van der Waals surface area contributed by atoms with Gasteiger partial charge in [0.05, 0.1) is 26.9 Å². The minimum absolute atomic E-state index is 0.117. The number of benzene rings is 5. The Balaban J connectivity index is 1.30. The Morgan fingerprint density at radius 2 is 1.07 bits per heavy atom. The first-order valence-corrected chi connectivity index (χ1v) is 14.0. The van der Waals surface area contributed by atoms with Crippen LogP contribution < -0.4 is 4.74 Å². The van der Waals surface area contributed by atoms with Crippen molar-refractivity contribution in [2.45, 2.75) is 17.5 Å². The third-order valence-corrected chi connectivity index (χ3v) is 7.29. The molecule has 0 fully saturated rings. The van der Waals surface area contributed by atoms with Gasteiger partial charge < -0.3 is 14.2 Å². The van der Waals surface area contributed by atoms with Crippen molar-refractivity contribution < 1.29 is 14.2 Å². The third kappa shape index (κ3) is 6.48. The van der Waals surface area contributed by atoms with Crippen molar-refractivity contribution >= 4 is 12.6 Å². The Morgan fingerprint density at radius 3 is 1.62 bits per heavy atom. The SMILES string of the molecule is COc1ccc(C(OC[C@H](S)COCc2ccc(-c3ccccc3)cc2)(c2ccccc2)c2ccccc2)cc1. The molecule has 3 nitrogen and oxygen atoms in total. The van der Waals surface area contributed by atoms with Crippen LogP contribution in [0, 0.1) is 0 Å². The molecule has 5 rings (SSSR count). The van der Waals surface area contributed by atoms with Crippen molar-refractivity contribution in [1.29, 1.82) is 0 Å². The molecule has 5 aromatic carbocycles. The van der Waals surface area contributed by atoms with Gasteiger partial charge in [-0.3, -0.25) is 0 Å². The predicted molar refractivity (Wildman–Crippen MR) is 166 cm³/mol. The number of rotatable bonds is 12. The van der Waals surface area contributed by atoms with Crippen molar-refractivity contribution in [3.05, 3.63) is 162 Å². The van der Waals surface area contributed by atoms with Crippen molar-refractivity contribution in [2.75, 3.05) is 20.3 Å². The van der Waals surface area contributed by atoms with Crippen LogP contribution in [0.4, 0.5) is 0 Å². The molecule has 40 heavy (non-hydrogen) atoms. The van der Waals surface area contributed by atoms with Gasteiger partial charge in [0.1, 0.15) is 11.4 Å². The van der Waals surface area contributed by atoms with Crippen LogP contribution in [-0.2, 0) is 21.7 Å². The standard InChI is InChI=1S/C36H34O3S/c1-37-34-23-21-33(22-24-34)36(31-13-7-3-8-14-31,32-15-9-4-10-16-32)39-27-35(40)26-38-25-28-17-19-30(20-18-28)29-11-5-2-6-12-29/h2-24,35,40H,25-27H2,1H3/t35-/m1/s1. The molecular weight excluding hydrogens is 512 g/mol. The van der Waals surface area contributed by atoms with Crippen LogP contribution in [0.3, 0.4) is 0 Å². The average molecular weight is 547 g/mol. The van der Waals surface area contributed by atoms with Crippen LogP contribution >= 0.6 is 12.6 Å². The number of thiol groups is 1. The molecule has 0 unspecified atom stereocenters. The molecule has 4 heteroatoms. The highest BCUT2D eigenvalue weighted by atomic mass is 32.1. The summed E-state index contributed by atoms with van der Waals surface area (Å²) in [6.45, 7) is 1.38. The molecule has 0 saturated carbocycles. The lowest BCUT2D eigenvalue weighted by atomic mass is 9.80. The Morgan fingerprint density at radius 1 is 0.575 bits per heavy atom. The van der Waals surface area contributed by atoms with Crippen LogP contribution in [0.5, 0.6) is 5.75 Å². The summed E-state index contributed by atoms with van der Waals surface area (Å²) in [7, 11) is 1.68. The van der Waals surface area contributed by atoms with E-state index in [0.717, 1.165) is 28.0 Å². The van der Waals surface area contributed by atoms with Gasteiger partial charge in [-0.15, -0.1) is 0 Å². The lowest BCUT2D eigenvalue weighted by molar-refractivity contribution is 0.00149. The lowest BCUT2D eigenvalue weighted by Gasteiger charge is -2.36. The van der Waals surface area contributed by atoms with E-state index in [9.17, 15) is 0 Å². The maximum Gasteiger partial charge on any atom is 0.143 e. The highest BCUT2D eigenvalue weighted by molar-refractivity contribution is 7.81. The van der Waals surface area contributed by atoms with Crippen molar-refractivity contribution in [3.63, 3.8) is 0 Å². The fourth-order valence-corrected chi connectivity index (χ4v) is 5.11. The van der Waals surface area contributed by atoms with E-state index in [1.165, 1.54) is 11.1 Å². The highest BCUT2D eigenvalue weighted by Gasteiger charge is 2.38. The van der Waals surface area contributed by atoms with Crippen LogP contribution in [0.25, 0.3) is 11.1 Å². The molecule has 0 aliphatic carbocycles. The monoisotopic (exact) mass is 546 g/mol. The Labute approximate surface area is 242 Å². The smallest absolute Gasteiger partial charge is 0.143 e. The second kappa shape index (κ2) is 13.5. The maximum absolute atomic E-state index is 6.89. The van der Waals surface area contributed by atoms with Gasteiger partial charge >= 0.3 is 0 Å². The molecule has 5 aromatic rings. The van der Waals surface area contributed by atoms with Gasteiger partial charge in [-0.1, -0.05) is 127 Å². The Hall–Kier alpha value is -3.83. The normalized spacial score (nSPS) is 12.2. The molecule has 0 saturated heterocycles. The van der Waals surface area contributed by atoms with Gasteiger partial charge in [0.2, 0.25) is 0 Å². The average Bonchev–Trinajstić information content (AvgIpc) is 3.03. The molecule has 0 aliphatic heterocycles. The fourth-order valence-electron chi connectivity index (χ4n) is 4.93. The first kappa shape index (κ1) is 27.7. The van der Waals surface area contributed by atoms with E-state index >= 15 is 0 Å². The van der Waals surface area contributed by atoms with E-state index in [-0.39, 0.29) is 5.25 Å². The summed E-state index contributed by atoms with van der Waals surface area (Å²) in [4.78, 5) is 0. The summed E-state index contributed by atoms with van der Waals surface area (Å²) in [5.74, 6) is 0.802. The maximum atomic E-state index is 6.89. The number of methoxy groups -OCH3 is 1. The van der Waals surface area contributed by atoms with Crippen LogP contribution in [-0.4, -0.2) is 25.6 Å². The van der Waals surface area contributed by atoms with Gasteiger partial charge in [0, 0.05) is 5.25 Å². The molecule has 0 heterocycles. The van der Waals surface area contributed by atoms with E-state index in [0.29, 0.717) is 19.8 Å².